The number of rotatable bonds is 5. The number of amides is 2. The minimum atomic E-state index is -0.357. The lowest BCUT2D eigenvalue weighted by molar-refractivity contribution is 0.254. The molecule has 19 heavy (non-hydrogen) atoms. The smallest absolute Gasteiger partial charge is 0.323 e. The standard InChI is InChI=1S/C15H18N2O2/c1-11(2)8-9-12(3)16-15(18)17-13-6-5-7-14(10-13)19-4/h5-10H,1,3H2,2,4H3,(H2,16,17,18)/b9-8-. The van der Waals surface area contributed by atoms with Gasteiger partial charge in [0.25, 0.3) is 0 Å². The van der Waals surface area contributed by atoms with Gasteiger partial charge in [-0.1, -0.05) is 30.9 Å². The number of anilines is 1. The fraction of sp³-hybridized carbons (Fsp3) is 0.133. The highest BCUT2D eigenvalue weighted by molar-refractivity contribution is 5.90. The molecule has 1 rings (SSSR count). The maximum atomic E-state index is 11.7. The number of nitrogens with one attached hydrogen (secondary N) is 2. The molecule has 4 nitrogen and oxygen atoms in total. The zero-order chi connectivity index (χ0) is 14.3. The van der Waals surface area contributed by atoms with Crippen LogP contribution < -0.4 is 15.4 Å². The maximum Gasteiger partial charge on any atom is 0.323 e. The molecule has 2 amide bonds. The van der Waals surface area contributed by atoms with Crippen molar-refractivity contribution >= 4 is 11.7 Å². The lowest BCUT2D eigenvalue weighted by Crippen LogP contribution is -2.26. The number of hydrogen-bond donors (Lipinski definition) is 2. The first-order chi connectivity index (χ1) is 9.01. The molecule has 0 aliphatic carbocycles. The predicted octanol–water partition coefficient (Wildman–Crippen LogP) is 3.46. The third kappa shape index (κ3) is 5.59. The van der Waals surface area contributed by atoms with Crippen molar-refractivity contribution in [2.24, 2.45) is 0 Å². The molecule has 1 aromatic rings. The molecule has 0 fully saturated rings. The zero-order valence-corrected chi connectivity index (χ0v) is 11.2. The van der Waals surface area contributed by atoms with Crippen molar-refractivity contribution in [2.45, 2.75) is 6.92 Å². The van der Waals surface area contributed by atoms with Crippen LogP contribution in [-0.2, 0) is 0 Å². The summed E-state index contributed by atoms with van der Waals surface area (Å²) >= 11 is 0. The average molecular weight is 258 g/mol. The van der Waals surface area contributed by atoms with Gasteiger partial charge in [-0.25, -0.2) is 4.79 Å². The van der Waals surface area contributed by atoms with Gasteiger partial charge < -0.3 is 15.4 Å². The van der Waals surface area contributed by atoms with Gasteiger partial charge >= 0.3 is 6.03 Å². The molecule has 0 aliphatic rings. The van der Waals surface area contributed by atoms with E-state index in [4.69, 9.17) is 4.74 Å². The van der Waals surface area contributed by atoms with Crippen molar-refractivity contribution in [3.8, 4) is 5.75 Å². The summed E-state index contributed by atoms with van der Waals surface area (Å²) in [7, 11) is 1.57. The normalized spacial score (nSPS) is 10.0. The largest absolute Gasteiger partial charge is 0.497 e. The van der Waals surface area contributed by atoms with E-state index in [1.807, 2.05) is 6.92 Å². The van der Waals surface area contributed by atoms with Crippen LogP contribution in [0.15, 0.2) is 60.8 Å². The highest BCUT2D eigenvalue weighted by Crippen LogP contribution is 2.16. The lowest BCUT2D eigenvalue weighted by Gasteiger charge is -2.08. The van der Waals surface area contributed by atoms with Crippen LogP contribution in [0.25, 0.3) is 0 Å². The second-order valence-corrected chi connectivity index (χ2v) is 4.02. The number of carbonyl (C=O) groups excluding carboxylic acids is 1. The third-order valence-electron chi connectivity index (χ3n) is 2.17. The van der Waals surface area contributed by atoms with Gasteiger partial charge in [0.2, 0.25) is 0 Å². The lowest BCUT2D eigenvalue weighted by atomic mass is 10.3. The number of hydrogen-bond acceptors (Lipinski definition) is 2. The van der Waals surface area contributed by atoms with Gasteiger partial charge in [0.15, 0.2) is 0 Å². The molecule has 0 aromatic heterocycles. The van der Waals surface area contributed by atoms with Crippen LogP contribution >= 0.6 is 0 Å². The number of carbonyl (C=O) groups is 1. The number of ether oxygens (including phenoxy) is 1. The van der Waals surface area contributed by atoms with Crippen LogP contribution in [0.1, 0.15) is 6.92 Å². The number of urea groups is 1. The highest BCUT2D eigenvalue weighted by Gasteiger charge is 2.02. The topological polar surface area (TPSA) is 50.4 Å². The second-order valence-electron chi connectivity index (χ2n) is 4.02. The molecule has 1 aromatic carbocycles. The van der Waals surface area contributed by atoms with E-state index in [1.165, 1.54) is 0 Å². The fourth-order valence-corrected chi connectivity index (χ4v) is 1.29. The van der Waals surface area contributed by atoms with E-state index >= 15 is 0 Å². The Morgan fingerprint density at radius 3 is 2.68 bits per heavy atom. The maximum absolute atomic E-state index is 11.7. The quantitative estimate of drug-likeness (QED) is 0.795. The van der Waals surface area contributed by atoms with Gasteiger partial charge in [-0.05, 0) is 25.1 Å². The summed E-state index contributed by atoms with van der Waals surface area (Å²) < 4.78 is 5.07. The molecular weight excluding hydrogens is 240 g/mol. The van der Waals surface area contributed by atoms with Crippen LogP contribution in [0.5, 0.6) is 5.75 Å². The van der Waals surface area contributed by atoms with Crippen molar-refractivity contribution in [3.63, 3.8) is 0 Å². The second kappa shape index (κ2) is 7.06. The molecule has 0 bridgehead atoms. The Bertz CT molecular complexity index is 519. The van der Waals surface area contributed by atoms with Gasteiger partial charge in [0.05, 0.1) is 7.11 Å². The Hall–Kier alpha value is -2.49. The van der Waals surface area contributed by atoms with Crippen molar-refractivity contribution in [3.05, 3.63) is 60.8 Å². The number of allylic oxidation sites excluding steroid dienone is 3. The van der Waals surface area contributed by atoms with Crippen LogP contribution in [0, 0.1) is 0 Å². The van der Waals surface area contributed by atoms with E-state index in [0.717, 1.165) is 5.57 Å². The van der Waals surface area contributed by atoms with Crippen LogP contribution in [0.4, 0.5) is 10.5 Å². The fourth-order valence-electron chi connectivity index (χ4n) is 1.29. The van der Waals surface area contributed by atoms with Crippen LogP contribution in [0.3, 0.4) is 0 Å². The Morgan fingerprint density at radius 1 is 1.32 bits per heavy atom. The van der Waals surface area contributed by atoms with E-state index < -0.39 is 0 Å². The number of benzene rings is 1. The van der Waals surface area contributed by atoms with Gasteiger partial charge in [-0.15, -0.1) is 0 Å². The summed E-state index contributed by atoms with van der Waals surface area (Å²) in [6, 6.07) is 6.74. The van der Waals surface area contributed by atoms with E-state index in [0.29, 0.717) is 17.1 Å². The Morgan fingerprint density at radius 2 is 2.05 bits per heavy atom. The molecule has 0 saturated heterocycles. The first kappa shape index (κ1) is 14.6. The highest BCUT2D eigenvalue weighted by atomic mass is 16.5. The minimum absolute atomic E-state index is 0.357. The molecule has 0 atom stereocenters. The first-order valence-corrected chi connectivity index (χ1v) is 5.76. The molecule has 0 saturated carbocycles. The predicted molar refractivity (Wildman–Crippen MR) is 78.2 cm³/mol. The number of methoxy groups -OCH3 is 1. The SMILES string of the molecule is C=C(C)/C=C\C(=C)NC(=O)Nc1cccc(OC)c1. The Labute approximate surface area is 113 Å². The summed E-state index contributed by atoms with van der Waals surface area (Å²) in [5.74, 6) is 0.679. The zero-order valence-electron chi connectivity index (χ0n) is 11.2. The van der Waals surface area contributed by atoms with Crippen LogP contribution in [0.2, 0.25) is 0 Å². The average Bonchev–Trinajstić information content (AvgIpc) is 2.36. The van der Waals surface area contributed by atoms with Crippen molar-refractivity contribution in [2.75, 3.05) is 12.4 Å². The molecule has 0 aliphatic heterocycles. The summed E-state index contributed by atoms with van der Waals surface area (Å²) in [5.41, 5.74) is 2.02. The Balaban J connectivity index is 2.55. The van der Waals surface area contributed by atoms with E-state index in [1.54, 1.807) is 43.5 Å². The minimum Gasteiger partial charge on any atom is -0.497 e. The van der Waals surface area contributed by atoms with Gasteiger partial charge in [0.1, 0.15) is 5.75 Å². The van der Waals surface area contributed by atoms with Gasteiger partial charge in [0, 0.05) is 17.5 Å². The molecule has 0 heterocycles. The van der Waals surface area contributed by atoms with Crippen molar-refractivity contribution in [1.82, 2.24) is 5.32 Å². The molecular formula is C15H18N2O2. The Kier molecular flexibility index (Phi) is 5.41. The summed E-state index contributed by atoms with van der Waals surface area (Å²) in [6.45, 7) is 9.30. The van der Waals surface area contributed by atoms with E-state index in [2.05, 4.69) is 23.8 Å². The molecule has 4 heteroatoms. The van der Waals surface area contributed by atoms with Crippen molar-refractivity contribution in [1.29, 1.82) is 0 Å². The molecule has 0 radical (unpaired) electrons. The molecule has 100 valence electrons. The monoisotopic (exact) mass is 258 g/mol. The van der Waals surface area contributed by atoms with Crippen molar-refractivity contribution < 1.29 is 9.53 Å². The first-order valence-electron chi connectivity index (χ1n) is 5.76. The summed E-state index contributed by atoms with van der Waals surface area (Å²) in [4.78, 5) is 11.7. The van der Waals surface area contributed by atoms with E-state index in [9.17, 15) is 4.79 Å². The molecule has 0 spiro atoms. The summed E-state index contributed by atoms with van der Waals surface area (Å²) in [6.07, 6.45) is 3.46. The van der Waals surface area contributed by atoms with E-state index in [-0.39, 0.29) is 6.03 Å². The van der Waals surface area contributed by atoms with Gasteiger partial charge in [-0.2, -0.15) is 0 Å². The molecule has 0 unspecified atom stereocenters. The van der Waals surface area contributed by atoms with Crippen LogP contribution in [-0.4, -0.2) is 13.1 Å². The third-order valence-corrected chi connectivity index (χ3v) is 2.17. The molecule has 2 N–H and O–H groups in total. The summed E-state index contributed by atoms with van der Waals surface area (Å²) in [5, 5.41) is 5.30. The van der Waals surface area contributed by atoms with Gasteiger partial charge in [-0.3, -0.25) is 0 Å².